The zero-order chi connectivity index (χ0) is 22.6. The number of rotatable bonds is 7. The number of nitrogens with one attached hydrogen (secondary N) is 2. The van der Waals surface area contributed by atoms with Gasteiger partial charge in [0.1, 0.15) is 6.61 Å². The van der Waals surface area contributed by atoms with E-state index >= 15 is 0 Å². The summed E-state index contributed by atoms with van der Waals surface area (Å²) in [5, 5.41) is 5.55. The van der Waals surface area contributed by atoms with Crippen molar-refractivity contribution in [2.75, 3.05) is 10.6 Å². The van der Waals surface area contributed by atoms with Gasteiger partial charge < -0.3 is 15.8 Å². The van der Waals surface area contributed by atoms with E-state index in [0.29, 0.717) is 17.2 Å². The Hall–Kier alpha value is -3.35. The third-order valence-electron chi connectivity index (χ3n) is 5.95. The van der Waals surface area contributed by atoms with Gasteiger partial charge in [0.15, 0.2) is 0 Å². The third kappa shape index (κ3) is 6.12. The van der Waals surface area contributed by atoms with Crippen LogP contribution < -0.4 is 16.4 Å². The van der Waals surface area contributed by atoms with Crippen molar-refractivity contribution in [3.8, 4) is 0 Å². The lowest BCUT2D eigenvalue weighted by Gasteiger charge is -2.10. The third-order valence-corrected chi connectivity index (χ3v) is 5.95. The van der Waals surface area contributed by atoms with Crippen LogP contribution >= 0.6 is 12.4 Å². The molecule has 1 fully saturated rings. The van der Waals surface area contributed by atoms with E-state index in [1.807, 2.05) is 54.6 Å². The van der Waals surface area contributed by atoms with Crippen LogP contribution in [0, 0.1) is 0 Å². The molecule has 1 aliphatic rings. The van der Waals surface area contributed by atoms with Crippen molar-refractivity contribution in [2.45, 2.75) is 37.8 Å². The Labute approximate surface area is 199 Å². The van der Waals surface area contributed by atoms with Crippen LogP contribution in [0.3, 0.4) is 0 Å². The van der Waals surface area contributed by atoms with Gasteiger partial charge in [-0.05, 0) is 60.4 Å². The number of carbonyl (C=O) groups excluding carboxylic acids is 2. The van der Waals surface area contributed by atoms with Crippen LogP contribution in [0.4, 0.5) is 16.2 Å². The molecular formula is C26H28ClN3O3. The molecule has 0 bridgehead atoms. The lowest BCUT2D eigenvalue weighted by Crippen LogP contribution is -2.22. The minimum absolute atomic E-state index is 0. The van der Waals surface area contributed by atoms with Gasteiger partial charge >= 0.3 is 6.09 Å². The molecule has 1 saturated carbocycles. The highest BCUT2D eigenvalue weighted by Crippen LogP contribution is 2.51. The minimum atomic E-state index is -0.550. The Morgan fingerprint density at radius 2 is 1.55 bits per heavy atom. The lowest BCUT2D eigenvalue weighted by molar-refractivity contribution is 0.102. The molecule has 0 aromatic heterocycles. The van der Waals surface area contributed by atoms with Gasteiger partial charge in [0, 0.05) is 28.4 Å². The van der Waals surface area contributed by atoms with Gasteiger partial charge in [-0.15, -0.1) is 12.4 Å². The molecule has 7 heteroatoms. The first-order valence-electron chi connectivity index (χ1n) is 10.7. The van der Waals surface area contributed by atoms with E-state index in [2.05, 4.69) is 17.6 Å². The van der Waals surface area contributed by atoms with Crippen LogP contribution in [0.2, 0.25) is 0 Å². The molecule has 3 aromatic rings. The van der Waals surface area contributed by atoms with Crippen LogP contribution in [-0.2, 0) is 11.3 Å². The maximum Gasteiger partial charge on any atom is 0.411 e. The molecule has 0 aliphatic heterocycles. The largest absolute Gasteiger partial charge is 0.444 e. The van der Waals surface area contributed by atoms with Crippen LogP contribution in [0.15, 0.2) is 78.9 Å². The quantitative estimate of drug-likeness (QED) is 0.417. The maximum absolute atomic E-state index is 12.5. The number of halogens is 1. The number of amides is 2. The lowest BCUT2D eigenvalue weighted by atomic mass is 10.0. The topological polar surface area (TPSA) is 93.5 Å². The van der Waals surface area contributed by atoms with Crippen molar-refractivity contribution in [3.63, 3.8) is 0 Å². The van der Waals surface area contributed by atoms with E-state index in [9.17, 15) is 9.59 Å². The average molecular weight is 466 g/mol. The molecule has 4 rings (SSSR count). The summed E-state index contributed by atoms with van der Waals surface area (Å²) in [4.78, 5) is 24.5. The highest BCUT2D eigenvalue weighted by atomic mass is 35.5. The molecule has 6 nitrogen and oxygen atoms in total. The molecule has 0 saturated heterocycles. The Balaban J connectivity index is 0.00000306. The summed E-state index contributed by atoms with van der Waals surface area (Å²) >= 11 is 0. The molecule has 2 unspecified atom stereocenters. The summed E-state index contributed by atoms with van der Waals surface area (Å²) in [7, 11) is 0. The van der Waals surface area contributed by atoms with Crippen molar-refractivity contribution < 1.29 is 14.3 Å². The molecule has 0 spiro atoms. The number of hydrogen-bond donors (Lipinski definition) is 3. The van der Waals surface area contributed by atoms with E-state index in [0.717, 1.165) is 24.1 Å². The van der Waals surface area contributed by atoms with Crippen molar-refractivity contribution >= 4 is 35.8 Å². The summed E-state index contributed by atoms with van der Waals surface area (Å²) in [6.45, 7) is 2.31. The predicted octanol–water partition coefficient (Wildman–Crippen LogP) is 5.70. The van der Waals surface area contributed by atoms with E-state index in [-0.39, 0.29) is 30.5 Å². The summed E-state index contributed by atoms with van der Waals surface area (Å²) in [6, 6.07) is 24.0. The van der Waals surface area contributed by atoms with Gasteiger partial charge in [-0.3, -0.25) is 10.1 Å². The number of ether oxygens (including phenoxy) is 1. The number of hydrogen-bond acceptors (Lipinski definition) is 4. The standard InChI is InChI=1S/C26H27N3O3.ClH/c1-2-26(27)16-23(26)19-8-12-21(13-9-19)28-24(30)20-10-14-22(15-11-20)29-25(31)32-17-18-6-4-3-5-7-18;/h3-15,23H,2,16-17,27H2,1H3,(H,28,30)(H,29,31);1H. The van der Waals surface area contributed by atoms with Gasteiger partial charge in [-0.25, -0.2) is 4.79 Å². The van der Waals surface area contributed by atoms with Gasteiger partial charge in [-0.2, -0.15) is 0 Å². The summed E-state index contributed by atoms with van der Waals surface area (Å²) in [6.07, 6.45) is 1.42. The summed E-state index contributed by atoms with van der Waals surface area (Å²) < 4.78 is 5.20. The molecular weight excluding hydrogens is 438 g/mol. The fraction of sp³-hybridized carbons (Fsp3) is 0.231. The van der Waals surface area contributed by atoms with E-state index in [4.69, 9.17) is 10.5 Å². The molecule has 4 N–H and O–H groups in total. The summed E-state index contributed by atoms with van der Waals surface area (Å²) in [5.41, 5.74) is 10.1. The Morgan fingerprint density at radius 1 is 0.939 bits per heavy atom. The minimum Gasteiger partial charge on any atom is -0.444 e. The summed E-state index contributed by atoms with van der Waals surface area (Å²) in [5.74, 6) is 0.181. The van der Waals surface area contributed by atoms with Crippen LogP contribution in [0.5, 0.6) is 0 Å². The zero-order valence-corrected chi connectivity index (χ0v) is 19.2. The van der Waals surface area contributed by atoms with Gasteiger partial charge in [-0.1, -0.05) is 49.4 Å². The number of benzene rings is 3. The van der Waals surface area contributed by atoms with Crippen molar-refractivity contribution in [1.82, 2.24) is 0 Å². The van der Waals surface area contributed by atoms with Crippen molar-refractivity contribution in [3.05, 3.63) is 95.6 Å². The first kappa shape index (κ1) is 24.3. The number of nitrogens with two attached hydrogens (primary N) is 1. The van der Waals surface area contributed by atoms with Crippen molar-refractivity contribution in [1.29, 1.82) is 0 Å². The first-order chi connectivity index (χ1) is 15.5. The second-order valence-electron chi connectivity index (χ2n) is 8.18. The van der Waals surface area contributed by atoms with Crippen LogP contribution in [0.25, 0.3) is 0 Å². The smallest absolute Gasteiger partial charge is 0.411 e. The monoisotopic (exact) mass is 465 g/mol. The van der Waals surface area contributed by atoms with Crippen LogP contribution in [0.1, 0.15) is 47.2 Å². The fourth-order valence-electron chi connectivity index (χ4n) is 3.75. The van der Waals surface area contributed by atoms with Crippen molar-refractivity contribution in [2.24, 2.45) is 5.73 Å². The molecule has 172 valence electrons. The van der Waals surface area contributed by atoms with E-state index in [1.165, 1.54) is 5.56 Å². The Bertz CT molecular complexity index is 1090. The second kappa shape index (κ2) is 10.5. The average Bonchev–Trinajstić information content (AvgIpc) is 3.51. The van der Waals surface area contributed by atoms with Gasteiger partial charge in [0.05, 0.1) is 0 Å². The highest BCUT2D eigenvalue weighted by Gasteiger charge is 2.49. The molecule has 0 radical (unpaired) electrons. The molecule has 1 aliphatic carbocycles. The zero-order valence-electron chi connectivity index (χ0n) is 18.4. The van der Waals surface area contributed by atoms with E-state index in [1.54, 1.807) is 24.3 Å². The normalized spacial score (nSPS) is 18.5. The first-order valence-corrected chi connectivity index (χ1v) is 10.7. The molecule has 0 heterocycles. The predicted molar refractivity (Wildman–Crippen MR) is 133 cm³/mol. The Kier molecular flexibility index (Phi) is 7.74. The Morgan fingerprint density at radius 3 is 2.15 bits per heavy atom. The van der Waals surface area contributed by atoms with Gasteiger partial charge in [0.2, 0.25) is 0 Å². The molecule has 2 atom stereocenters. The maximum atomic E-state index is 12.5. The molecule has 3 aromatic carbocycles. The van der Waals surface area contributed by atoms with Crippen LogP contribution in [-0.4, -0.2) is 17.5 Å². The van der Waals surface area contributed by atoms with Gasteiger partial charge in [0.25, 0.3) is 5.91 Å². The van der Waals surface area contributed by atoms with E-state index < -0.39 is 6.09 Å². The number of anilines is 2. The highest BCUT2D eigenvalue weighted by molar-refractivity contribution is 6.04. The second-order valence-corrected chi connectivity index (χ2v) is 8.18. The fourth-order valence-corrected chi connectivity index (χ4v) is 3.75. The molecule has 2 amide bonds. The SMILES string of the molecule is CCC1(N)CC1c1ccc(NC(=O)c2ccc(NC(=O)OCc3ccccc3)cc2)cc1.Cl. The molecule has 33 heavy (non-hydrogen) atoms. The number of carbonyl (C=O) groups is 2.